The molecule has 0 atom stereocenters. The zero-order valence-electron chi connectivity index (χ0n) is 8.01. The van der Waals surface area contributed by atoms with Gasteiger partial charge in [-0.1, -0.05) is 9.69 Å². The predicted molar refractivity (Wildman–Crippen MR) is 53.0 cm³/mol. The molecule has 2 aliphatic rings. The van der Waals surface area contributed by atoms with Crippen LogP contribution in [-0.4, -0.2) is 20.1 Å². The highest BCUT2D eigenvalue weighted by atomic mass is 16.6. The quantitative estimate of drug-likeness (QED) is 0.345. The van der Waals surface area contributed by atoms with Gasteiger partial charge in [0.25, 0.3) is 0 Å². The van der Waals surface area contributed by atoms with Crippen LogP contribution in [0, 0.1) is 16.0 Å². The van der Waals surface area contributed by atoms with Gasteiger partial charge in [-0.25, -0.2) is 0 Å². The number of anilines is 2. The van der Waals surface area contributed by atoms with Crippen molar-refractivity contribution in [3.8, 4) is 0 Å². The van der Waals surface area contributed by atoms with Crippen molar-refractivity contribution in [1.82, 2.24) is 9.69 Å². The van der Waals surface area contributed by atoms with E-state index in [1.165, 1.54) is 6.07 Å². The Morgan fingerprint density at radius 1 is 1.25 bits per heavy atom. The molecule has 1 aliphatic heterocycles. The van der Waals surface area contributed by atoms with Gasteiger partial charge in [0, 0.05) is 0 Å². The lowest BCUT2D eigenvalue weighted by molar-refractivity contribution is -0.0220. The molecule has 0 spiro atoms. The first kappa shape index (κ1) is 9.90. The van der Waals surface area contributed by atoms with Gasteiger partial charge in [0.05, 0.1) is 17.1 Å². The molecule has 84 valence electrons. The van der Waals surface area contributed by atoms with Gasteiger partial charge in [-0.05, 0) is 6.07 Å². The van der Waals surface area contributed by atoms with Crippen LogP contribution in [0.4, 0.5) is 11.4 Å². The fourth-order valence-corrected chi connectivity index (χ4v) is 1.44. The third-order valence-corrected chi connectivity index (χ3v) is 2.31. The molecule has 0 aromatic carbocycles. The number of nitrogens with one attached hydrogen (secondary N) is 1. The van der Waals surface area contributed by atoms with Crippen molar-refractivity contribution in [2.24, 2.45) is 0 Å². The second-order valence-corrected chi connectivity index (χ2v) is 3.22. The summed E-state index contributed by atoms with van der Waals surface area (Å²) in [6.45, 7) is 0. The van der Waals surface area contributed by atoms with Crippen molar-refractivity contribution in [3.63, 3.8) is 0 Å². The molecular weight excluding hydrogens is 214 g/mol. The Morgan fingerprint density at radius 3 is 2.50 bits per heavy atom. The van der Waals surface area contributed by atoms with Gasteiger partial charge < -0.3 is 21.9 Å². The minimum atomic E-state index is -0.591. The largest absolute Gasteiger partial charge is 0.411 e. The highest BCUT2D eigenvalue weighted by Crippen LogP contribution is 2.03. The van der Waals surface area contributed by atoms with Gasteiger partial charge in [-0.15, -0.1) is 0 Å². The van der Waals surface area contributed by atoms with Gasteiger partial charge in [0.15, 0.2) is 0 Å². The lowest BCUT2D eigenvalue weighted by Gasteiger charge is -2.07. The van der Waals surface area contributed by atoms with Crippen molar-refractivity contribution in [1.29, 1.82) is 5.41 Å². The molecule has 1 aliphatic carbocycles. The van der Waals surface area contributed by atoms with E-state index in [0.29, 0.717) is 4.85 Å². The molecular formula is C8H9N5O3. The molecule has 0 saturated heterocycles. The molecule has 0 aromatic rings. The second-order valence-electron chi connectivity index (χ2n) is 3.22. The van der Waals surface area contributed by atoms with E-state index in [1.54, 1.807) is 0 Å². The minimum absolute atomic E-state index is 0.00417. The van der Waals surface area contributed by atoms with Gasteiger partial charge in [0.1, 0.15) is 16.4 Å². The van der Waals surface area contributed by atoms with Crippen LogP contribution in [0.15, 0.2) is 17.1 Å². The third kappa shape index (κ3) is 1.03. The Balaban J connectivity index is 3.34. The molecule has 16 heavy (non-hydrogen) atoms. The normalized spacial score (nSPS) is 10.8. The van der Waals surface area contributed by atoms with Gasteiger partial charge >= 0.3 is 0 Å². The SMILES string of the molecule is N=c1c(N)c(N)c(=O)c2ccn(O)n(O)c1=2. The van der Waals surface area contributed by atoms with E-state index >= 15 is 0 Å². The number of nitrogens with zero attached hydrogens (tertiary/aromatic N) is 2. The van der Waals surface area contributed by atoms with Crippen molar-refractivity contribution in [2.45, 2.75) is 0 Å². The molecule has 0 saturated carbocycles. The fourth-order valence-electron chi connectivity index (χ4n) is 1.44. The average molecular weight is 223 g/mol. The minimum Gasteiger partial charge on any atom is -0.411 e. The van der Waals surface area contributed by atoms with Crippen LogP contribution in [0.3, 0.4) is 0 Å². The summed E-state index contributed by atoms with van der Waals surface area (Å²) in [4.78, 5) is 12.2. The monoisotopic (exact) mass is 223 g/mol. The smallest absolute Gasteiger partial charge is 0.213 e. The molecule has 8 nitrogen and oxygen atoms in total. The van der Waals surface area contributed by atoms with Crippen LogP contribution in [0.25, 0.3) is 0 Å². The van der Waals surface area contributed by atoms with E-state index in [2.05, 4.69) is 0 Å². The first-order chi connectivity index (χ1) is 7.45. The summed E-state index contributed by atoms with van der Waals surface area (Å²) in [5, 5.41) is 25.7. The first-order valence-corrected chi connectivity index (χ1v) is 4.24. The van der Waals surface area contributed by atoms with Crippen molar-refractivity contribution in [3.05, 3.63) is 38.4 Å². The van der Waals surface area contributed by atoms with Crippen LogP contribution in [0.5, 0.6) is 0 Å². The molecule has 0 fully saturated rings. The Labute approximate surface area is 87.6 Å². The van der Waals surface area contributed by atoms with Gasteiger partial charge in [0.2, 0.25) is 5.43 Å². The Morgan fingerprint density at radius 2 is 1.88 bits per heavy atom. The number of aromatic nitrogens is 2. The summed E-state index contributed by atoms with van der Waals surface area (Å²) in [6, 6.07) is 1.23. The Hall–Kier alpha value is -2.64. The van der Waals surface area contributed by atoms with Crippen LogP contribution in [0.1, 0.15) is 0 Å². The Kier molecular flexibility index (Phi) is 1.81. The molecule has 0 unspecified atom stereocenters. The van der Waals surface area contributed by atoms with Gasteiger partial charge in [-0.3, -0.25) is 10.2 Å². The first-order valence-electron chi connectivity index (χ1n) is 4.24. The molecule has 0 bridgehead atoms. The summed E-state index contributed by atoms with van der Waals surface area (Å²) in [7, 11) is 0. The zero-order valence-corrected chi connectivity index (χ0v) is 8.01. The maximum atomic E-state index is 11.7. The van der Waals surface area contributed by atoms with E-state index in [4.69, 9.17) is 22.1 Å². The molecule has 0 amide bonds. The summed E-state index contributed by atoms with van der Waals surface area (Å²) in [5.41, 5.74) is 9.80. The molecule has 0 aromatic heterocycles. The molecule has 0 radical (unpaired) electrons. The number of nitrogen functional groups attached to an aromatic ring is 2. The summed E-state index contributed by atoms with van der Waals surface area (Å²) in [5.74, 6) is 0. The van der Waals surface area contributed by atoms with Crippen LogP contribution in [-0.2, 0) is 0 Å². The third-order valence-electron chi connectivity index (χ3n) is 2.31. The van der Waals surface area contributed by atoms with E-state index < -0.39 is 5.43 Å². The van der Waals surface area contributed by atoms with Crippen molar-refractivity contribution < 1.29 is 10.4 Å². The molecule has 1 heterocycles. The lowest BCUT2D eigenvalue weighted by atomic mass is 10.2. The van der Waals surface area contributed by atoms with Crippen molar-refractivity contribution >= 4 is 11.4 Å². The fraction of sp³-hybridized carbons (Fsp3) is 0. The molecule has 8 heteroatoms. The van der Waals surface area contributed by atoms with E-state index in [9.17, 15) is 10.0 Å². The number of nitrogens with two attached hydrogens (primary N) is 2. The van der Waals surface area contributed by atoms with E-state index in [-0.39, 0.29) is 32.1 Å². The summed E-state index contributed by atoms with van der Waals surface area (Å²) in [6.07, 6.45) is 1.04. The molecule has 2 rings (SSSR count). The number of hydrogen-bond donors (Lipinski definition) is 5. The molecule has 7 N–H and O–H groups in total. The van der Waals surface area contributed by atoms with Gasteiger partial charge in [-0.2, -0.15) is 0 Å². The highest BCUT2D eigenvalue weighted by Gasteiger charge is 2.10. The maximum absolute atomic E-state index is 11.7. The van der Waals surface area contributed by atoms with Crippen LogP contribution in [0.2, 0.25) is 0 Å². The predicted octanol–water partition coefficient (Wildman–Crippen LogP) is -1.51. The van der Waals surface area contributed by atoms with E-state index in [0.717, 1.165) is 6.20 Å². The standard InChI is InChI=1S/C8H9N5O3/c9-4-5(10)7-3(8(14)6(4)11)1-2-12(15)13(7)16/h1-2,10,15-16H,9,11H2. The Bertz CT molecular complexity index is 744. The summed E-state index contributed by atoms with van der Waals surface area (Å²) < 4.78 is 0. The van der Waals surface area contributed by atoms with Crippen molar-refractivity contribution in [2.75, 3.05) is 11.5 Å². The average Bonchev–Trinajstić information content (AvgIpc) is 2.27. The van der Waals surface area contributed by atoms with Crippen LogP contribution >= 0.6 is 0 Å². The second kappa shape index (κ2) is 2.92. The highest BCUT2D eigenvalue weighted by molar-refractivity contribution is 5.61. The summed E-state index contributed by atoms with van der Waals surface area (Å²) >= 11 is 0. The van der Waals surface area contributed by atoms with Crippen LogP contribution < -0.4 is 22.3 Å². The number of hydrogen-bond acceptors (Lipinski definition) is 6. The topological polar surface area (TPSA) is 143 Å². The maximum Gasteiger partial charge on any atom is 0.213 e. The number of rotatable bonds is 0. The van der Waals surface area contributed by atoms with E-state index in [1.807, 2.05) is 0 Å². The lowest BCUT2D eigenvalue weighted by Crippen LogP contribution is -2.28. The zero-order chi connectivity index (χ0) is 12.0.